The molecule has 0 bridgehead atoms. The molecule has 1 saturated heterocycles. The van der Waals surface area contributed by atoms with E-state index in [9.17, 15) is 4.79 Å². The largest absolute Gasteiger partial charge is 0.357 e. The van der Waals surface area contributed by atoms with Gasteiger partial charge in [-0.3, -0.25) is 14.8 Å². The average molecular weight is 399 g/mol. The summed E-state index contributed by atoms with van der Waals surface area (Å²) in [5.41, 5.74) is 4.78. The van der Waals surface area contributed by atoms with Crippen LogP contribution in [0, 0.1) is 0 Å². The summed E-state index contributed by atoms with van der Waals surface area (Å²) in [6.07, 6.45) is 10.5. The number of aryl methyl sites for hydroxylation is 1. The van der Waals surface area contributed by atoms with Gasteiger partial charge in [-0.25, -0.2) is 4.98 Å². The van der Waals surface area contributed by atoms with E-state index in [0.29, 0.717) is 0 Å². The number of rotatable bonds is 4. The highest BCUT2D eigenvalue weighted by molar-refractivity contribution is 5.96. The van der Waals surface area contributed by atoms with E-state index in [-0.39, 0.29) is 11.8 Å². The molecule has 1 aliphatic carbocycles. The molecule has 3 aromatic heterocycles. The third-order valence-corrected chi connectivity index (χ3v) is 6.02. The maximum atomic E-state index is 13.2. The molecule has 5 rings (SSSR count). The second-order valence-electron chi connectivity index (χ2n) is 8.01. The fourth-order valence-electron chi connectivity index (χ4n) is 4.43. The molecule has 0 saturated carbocycles. The van der Waals surface area contributed by atoms with E-state index >= 15 is 0 Å². The number of fused-ring (bicyclic) bond motifs is 1. The molecule has 0 aromatic carbocycles. The third-order valence-electron chi connectivity index (χ3n) is 6.02. The number of pyridine rings is 3. The van der Waals surface area contributed by atoms with Crippen LogP contribution in [0.3, 0.4) is 0 Å². The molecule has 6 nitrogen and oxygen atoms in total. The van der Waals surface area contributed by atoms with E-state index in [1.807, 2.05) is 30.3 Å². The lowest BCUT2D eigenvalue weighted by atomic mass is 9.85. The van der Waals surface area contributed by atoms with Crippen molar-refractivity contribution in [2.45, 2.75) is 38.0 Å². The molecule has 1 unspecified atom stereocenters. The molecule has 1 N–H and O–H groups in total. The highest BCUT2D eigenvalue weighted by Crippen LogP contribution is 2.33. The van der Waals surface area contributed by atoms with Crippen LogP contribution >= 0.6 is 0 Å². The van der Waals surface area contributed by atoms with Crippen LogP contribution in [0.5, 0.6) is 0 Å². The monoisotopic (exact) mass is 399 g/mol. The van der Waals surface area contributed by atoms with Crippen molar-refractivity contribution in [2.75, 3.05) is 23.3 Å². The summed E-state index contributed by atoms with van der Waals surface area (Å²) < 4.78 is 0. The van der Waals surface area contributed by atoms with E-state index in [1.54, 1.807) is 18.6 Å². The predicted octanol–water partition coefficient (Wildman–Crippen LogP) is 4.20. The molecule has 3 aromatic rings. The maximum Gasteiger partial charge on any atom is 0.233 e. The van der Waals surface area contributed by atoms with Gasteiger partial charge in [-0.2, -0.15) is 0 Å². The number of carbonyl (C=O) groups excluding carboxylic acids is 1. The van der Waals surface area contributed by atoms with Gasteiger partial charge in [0.05, 0.1) is 17.3 Å². The Kier molecular flexibility index (Phi) is 5.13. The van der Waals surface area contributed by atoms with Crippen molar-refractivity contribution in [3.63, 3.8) is 0 Å². The summed E-state index contributed by atoms with van der Waals surface area (Å²) in [7, 11) is 0. The number of nitrogens with one attached hydrogen (secondary N) is 1. The van der Waals surface area contributed by atoms with Gasteiger partial charge in [0.15, 0.2) is 0 Å². The summed E-state index contributed by atoms with van der Waals surface area (Å²) in [5, 5.41) is 3.12. The number of aromatic nitrogens is 3. The smallest absolute Gasteiger partial charge is 0.233 e. The van der Waals surface area contributed by atoms with Gasteiger partial charge in [0.25, 0.3) is 0 Å². The Hall–Kier alpha value is -3.28. The second kappa shape index (κ2) is 8.22. The molecular formula is C24H25N5O. The number of carbonyl (C=O) groups is 1. The Morgan fingerprint density at radius 1 is 1.00 bits per heavy atom. The highest BCUT2D eigenvalue weighted by atomic mass is 16.1. The van der Waals surface area contributed by atoms with Crippen molar-refractivity contribution in [2.24, 2.45) is 0 Å². The quantitative estimate of drug-likeness (QED) is 0.712. The summed E-state index contributed by atoms with van der Waals surface area (Å²) in [4.78, 5) is 28.9. The van der Waals surface area contributed by atoms with Gasteiger partial charge in [-0.05, 0) is 61.9 Å². The minimum absolute atomic E-state index is 0.00824. The van der Waals surface area contributed by atoms with E-state index in [4.69, 9.17) is 4.98 Å². The molecule has 30 heavy (non-hydrogen) atoms. The van der Waals surface area contributed by atoms with Crippen LogP contribution in [0.15, 0.2) is 55.0 Å². The Bertz CT molecular complexity index is 1050. The molecule has 2 aliphatic rings. The van der Waals surface area contributed by atoms with E-state index in [1.165, 1.54) is 18.4 Å². The standard InChI is InChI=1S/C24H25N5O/c30-24(27-19-10-13-26-22(16-19)29-14-1-2-15-29)20-5-3-4-18-6-7-21(28-23(18)20)17-8-11-25-12-9-17/h6-13,16,20H,1-5,14-15H2,(H,26,27,30). The first-order chi connectivity index (χ1) is 14.8. The van der Waals surface area contributed by atoms with Gasteiger partial charge in [0.1, 0.15) is 5.82 Å². The molecule has 4 heterocycles. The fourth-order valence-corrected chi connectivity index (χ4v) is 4.43. The molecule has 6 heteroatoms. The molecule has 1 amide bonds. The van der Waals surface area contributed by atoms with E-state index in [0.717, 1.165) is 60.8 Å². The maximum absolute atomic E-state index is 13.2. The van der Waals surface area contributed by atoms with Crippen LogP contribution < -0.4 is 10.2 Å². The van der Waals surface area contributed by atoms with Gasteiger partial charge < -0.3 is 10.2 Å². The zero-order valence-electron chi connectivity index (χ0n) is 16.9. The van der Waals surface area contributed by atoms with Crippen LogP contribution in [0.1, 0.15) is 42.9 Å². The minimum atomic E-state index is -0.237. The number of anilines is 2. The van der Waals surface area contributed by atoms with Crippen molar-refractivity contribution >= 4 is 17.4 Å². The first kappa shape index (κ1) is 18.7. The number of hydrogen-bond donors (Lipinski definition) is 1. The Morgan fingerprint density at radius 3 is 2.67 bits per heavy atom. The SMILES string of the molecule is O=C(Nc1ccnc(N2CCCC2)c1)C1CCCc2ccc(-c3ccncc3)nc21. The Balaban J connectivity index is 1.39. The minimum Gasteiger partial charge on any atom is -0.357 e. The Labute approximate surface area is 176 Å². The lowest BCUT2D eigenvalue weighted by Crippen LogP contribution is -2.26. The predicted molar refractivity (Wildman–Crippen MR) is 117 cm³/mol. The molecule has 1 atom stereocenters. The first-order valence-electron chi connectivity index (χ1n) is 10.7. The van der Waals surface area contributed by atoms with Gasteiger partial charge in [-0.1, -0.05) is 6.07 Å². The Morgan fingerprint density at radius 2 is 1.83 bits per heavy atom. The number of hydrogen-bond acceptors (Lipinski definition) is 5. The van der Waals surface area contributed by atoms with E-state index < -0.39 is 0 Å². The van der Waals surface area contributed by atoms with Crippen LogP contribution in [-0.2, 0) is 11.2 Å². The molecule has 0 spiro atoms. The normalized spacial score (nSPS) is 18.1. The lowest BCUT2D eigenvalue weighted by Gasteiger charge is -2.24. The third kappa shape index (κ3) is 3.77. The van der Waals surface area contributed by atoms with Gasteiger partial charge in [-0.15, -0.1) is 0 Å². The second-order valence-corrected chi connectivity index (χ2v) is 8.01. The molecule has 1 fully saturated rings. The van der Waals surface area contributed by atoms with Crippen molar-refractivity contribution in [1.82, 2.24) is 15.0 Å². The lowest BCUT2D eigenvalue weighted by molar-refractivity contribution is -0.118. The highest BCUT2D eigenvalue weighted by Gasteiger charge is 2.28. The molecule has 1 aliphatic heterocycles. The zero-order valence-corrected chi connectivity index (χ0v) is 16.9. The van der Waals surface area contributed by atoms with Gasteiger partial charge >= 0.3 is 0 Å². The number of nitrogens with zero attached hydrogens (tertiary/aromatic N) is 4. The van der Waals surface area contributed by atoms with Crippen molar-refractivity contribution in [3.8, 4) is 11.3 Å². The summed E-state index contributed by atoms with van der Waals surface area (Å²) in [6.45, 7) is 2.06. The molecule has 152 valence electrons. The average Bonchev–Trinajstić information content (AvgIpc) is 3.34. The number of amides is 1. The first-order valence-corrected chi connectivity index (χ1v) is 10.7. The topological polar surface area (TPSA) is 71.0 Å². The van der Waals surface area contributed by atoms with Crippen molar-refractivity contribution < 1.29 is 4.79 Å². The zero-order chi connectivity index (χ0) is 20.3. The van der Waals surface area contributed by atoms with Crippen molar-refractivity contribution in [3.05, 3.63) is 66.2 Å². The van der Waals surface area contributed by atoms with Gasteiger partial charge in [0, 0.05) is 49.0 Å². The summed E-state index contributed by atoms with van der Waals surface area (Å²) in [5.74, 6) is 0.709. The van der Waals surface area contributed by atoms with Crippen LogP contribution in [0.4, 0.5) is 11.5 Å². The van der Waals surface area contributed by atoms with Crippen LogP contribution in [0.2, 0.25) is 0 Å². The molecular weight excluding hydrogens is 374 g/mol. The molecule has 0 radical (unpaired) electrons. The van der Waals surface area contributed by atoms with Crippen molar-refractivity contribution in [1.29, 1.82) is 0 Å². The van der Waals surface area contributed by atoms with Crippen LogP contribution in [0.25, 0.3) is 11.3 Å². The van der Waals surface area contributed by atoms with E-state index in [2.05, 4.69) is 26.3 Å². The summed E-state index contributed by atoms with van der Waals surface area (Å²) >= 11 is 0. The summed E-state index contributed by atoms with van der Waals surface area (Å²) in [6, 6.07) is 11.9. The van der Waals surface area contributed by atoms with Crippen LogP contribution in [-0.4, -0.2) is 33.9 Å². The van der Waals surface area contributed by atoms with Gasteiger partial charge in [0.2, 0.25) is 5.91 Å². The fraction of sp³-hybridized carbons (Fsp3) is 0.333.